The van der Waals surface area contributed by atoms with Crippen LogP contribution in [0.25, 0.3) is 0 Å². The van der Waals surface area contributed by atoms with Crippen LogP contribution < -0.4 is 10.6 Å². The van der Waals surface area contributed by atoms with Gasteiger partial charge in [-0.3, -0.25) is 0 Å². The molecule has 1 aromatic heterocycles. The standard InChI is InChI=1S/C16H29N3O2S/c1-10(2)13(20)16(5,6)9-18-15(21)17-7-12-8-22-14(19-12)11(3)4/h8,10-11,13,20H,7,9H2,1-6H3,(H2,17,18,21). The van der Waals surface area contributed by atoms with Crippen molar-refractivity contribution < 1.29 is 9.90 Å². The first kappa shape index (κ1) is 18.9. The topological polar surface area (TPSA) is 74.2 Å². The molecule has 1 unspecified atom stereocenters. The summed E-state index contributed by atoms with van der Waals surface area (Å²) in [5, 5.41) is 18.8. The minimum atomic E-state index is -0.458. The van der Waals surface area contributed by atoms with Crippen molar-refractivity contribution in [3.63, 3.8) is 0 Å². The number of carbonyl (C=O) groups excluding carboxylic acids is 1. The fourth-order valence-corrected chi connectivity index (χ4v) is 3.05. The molecule has 5 nitrogen and oxygen atoms in total. The third kappa shape index (κ3) is 5.57. The van der Waals surface area contributed by atoms with Crippen molar-refractivity contribution in [2.75, 3.05) is 6.54 Å². The van der Waals surface area contributed by atoms with Crippen LogP contribution in [-0.4, -0.2) is 28.8 Å². The summed E-state index contributed by atoms with van der Waals surface area (Å²) in [4.78, 5) is 16.3. The SMILES string of the molecule is CC(C)c1nc(CNC(=O)NCC(C)(C)C(O)C(C)C)cs1. The van der Waals surface area contributed by atoms with E-state index < -0.39 is 6.10 Å². The van der Waals surface area contributed by atoms with Crippen LogP contribution in [0.15, 0.2) is 5.38 Å². The number of urea groups is 1. The van der Waals surface area contributed by atoms with E-state index >= 15 is 0 Å². The van der Waals surface area contributed by atoms with Crippen LogP contribution in [0.1, 0.15) is 58.2 Å². The average Bonchev–Trinajstić information content (AvgIpc) is 2.91. The van der Waals surface area contributed by atoms with Crippen LogP contribution in [0.4, 0.5) is 4.79 Å². The van der Waals surface area contributed by atoms with Crippen LogP contribution in [0, 0.1) is 11.3 Å². The zero-order valence-electron chi connectivity index (χ0n) is 14.4. The Morgan fingerprint density at radius 3 is 2.45 bits per heavy atom. The van der Waals surface area contributed by atoms with E-state index in [1.807, 2.05) is 33.1 Å². The van der Waals surface area contributed by atoms with Gasteiger partial charge in [0, 0.05) is 23.3 Å². The maximum Gasteiger partial charge on any atom is 0.315 e. The Kier molecular flexibility index (Phi) is 6.81. The van der Waals surface area contributed by atoms with Crippen molar-refractivity contribution >= 4 is 17.4 Å². The number of aliphatic hydroxyl groups excluding tert-OH is 1. The lowest BCUT2D eigenvalue weighted by molar-refractivity contribution is 0.0151. The Balaban J connectivity index is 2.40. The number of hydrogen-bond acceptors (Lipinski definition) is 4. The largest absolute Gasteiger partial charge is 0.392 e. The predicted octanol–water partition coefficient (Wildman–Crippen LogP) is 3.11. The number of amides is 2. The zero-order valence-corrected chi connectivity index (χ0v) is 15.3. The highest BCUT2D eigenvalue weighted by molar-refractivity contribution is 7.09. The van der Waals surface area contributed by atoms with Crippen LogP contribution in [0.3, 0.4) is 0 Å². The lowest BCUT2D eigenvalue weighted by Crippen LogP contribution is -2.46. The number of rotatable bonds is 7. The molecule has 0 fully saturated rings. The number of hydrogen-bond donors (Lipinski definition) is 3. The Morgan fingerprint density at radius 1 is 1.32 bits per heavy atom. The number of nitrogens with zero attached hydrogens (tertiary/aromatic N) is 1. The van der Waals surface area contributed by atoms with E-state index in [-0.39, 0.29) is 17.4 Å². The second-order valence-electron chi connectivity index (χ2n) is 7.05. The lowest BCUT2D eigenvalue weighted by Gasteiger charge is -2.33. The Labute approximate surface area is 137 Å². The Bertz CT molecular complexity index is 483. The summed E-state index contributed by atoms with van der Waals surface area (Å²) in [6.45, 7) is 12.9. The fraction of sp³-hybridized carbons (Fsp3) is 0.750. The lowest BCUT2D eigenvalue weighted by atomic mass is 9.81. The molecule has 0 aromatic carbocycles. The summed E-state index contributed by atoms with van der Waals surface area (Å²) in [6.07, 6.45) is -0.458. The van der Waals surface area contributed by atoms with Crippen molar-refractivity contribution in [1.29, 1.82) is 0 Å². The first-order valence-electron chi connectivity index (χ1n) is 7.77. The van der Waals surface area contributed by atoms with E-state index in [1.165, 1.54) is 0 Å². The summed E-state index contributed by atoms with van der Waals surface area (Å²) >= 11 is 1.62. The molecule has 0 aliphatic rings. The van der Waals surface area contributed by atoms with Gasteiger partial charge in [-0.15, -0.1) is 11.3 Å². The summed E-state index contributed by atoms with van der Waals surface area (Å²) in [5.41, 5.74) is 0.516. The van der Waals surface area contributed by atoms with Crippen molar-refractivity contribution in [1.82, 2.24) is 15.6 Å². The van der Waals surface area contributed by atoms with Crippen LogP contribution in [0.2, 0.25) is 0 Å². The quantitative estimate of drug-likeness (QED) is 0.720. The average molecular weight is 327 g/mol. The van der Waals surface area contributed by atoms with Gasteiger partial charge in [0.25, 0.3) is 0 Å². The number of carbonyl (C=O) groups is 1. The molecule has 1 atom stereocenters. The number of thiazole rings is 1. The van der Waals surface area contributed by atoms with E-state index in [1.54, 1.807) is 11.3 Å². The Hall–Kier alpha value is -1.14. The molecular weight excluding hydrogens is 298 g/mol. The van der Waals surface area contributed by atoms with Gasteiger partial charge in [0.1, 0.15) is 0 Å². The minimum Gasteiger partial charge on any atom is -0.392 e. The smallest absolute Gasteiger partial charge is 0.315 e. The molecule has 1 rings (SSSR count). The van der Waals surface area contributed by atoms with Crippen LogP contribution >= 0.6 is 11.3 Å². The third-order valence-corrected chi connectivity index (χ3v) is 4.82. The first-order chi connectivity index (χ1) is 10.1. The van der Waals surface area contributed by atoms with Crippen molar-refractivity contribution in [2.45, 2.75) is 60.1 Å². The summed E-state index contributed by atoms with van der Waals surface area (Å²) in [5.74, 6) is 0.565. The van der Waals surface area contributed by atoms with E-state index in [9.17, 15) is 9.90 Å². The Morgan fingerprint density at radius 2 is 1.95 bits per heavy atom. The molecule has 1 heterocycles. The fourth-order valence-electron chi connectivity index (χ4n) is 2.22. The highest BCUT2D eigenvalue weighted by Gasteiger charge is 2.30. The van der Waals surface area contributed by atoms with E-state index in [2.05, 4.69) is 29.5 Å². The zero-order chi connectivity index (χ0) is 16.9. The first-order valence-corrected chi connectivity index (χ1v) is 8.65. The molecule has 1 aromatic rings. The molecule has 0 saturated carbocycles. The van der Waals surface area contributed by atoms with Gasteiger partial charge in [0.05, 0.1) is 23.4 Å². The summed E-state index contributed by atoms with van der Waals surface area (Å²) in [6, 6.07) is -0.233. The second kappa shape index (κ2) is 7.92. The van der Waals surface area contributed by atoms with Crippen molar-refractivity contribution in [2.24, 2.45) is 11.3 Å². The number of aromatic nitrogens is 1. The maximum absolute atomic E-state index is 11.9. The minimum absolute atomic E-state index is 0.157. The predicted molar refractivity (Wildman–Crippen MR) is 91.1 cm³/mol. The molecule has 22 heavy (non-hydrogen) atoms. The third-order valence-electron chi connectivity index (χ3n) is 3.63. The molecular formula is C16H29N3O2S. The van der Waals surface area contributed by atoms with Gasteiger partial charge in [0.15, 0.2) is 0 Å². The maximum atomic E-state index is 11.9. The highest BCUT2D eigenvalue weighted by Crippen LogP contribution is 2.25. The van der Waals surface area contributed by atoms with E-state index in [0.717, 1.165) is 10.7 Å². The van der Waals surface area contributed by atoms with Gasteiger partial charge >= 0.3 is 6.03 Å². The molecule has 2 amide bonds. The normalized spacial score (nSPS) is 13.5. The summed E-state index contributed by atoms with van der Waals surface area (Å²) in [7, 11) is 0. The molecule has 0 saturated heterocycles. The molecule has 0 aliphatic heterocycles. The molecule has 126 valence electrons. The second-order valence-corrected chi connectivity index (χ2v) is 7.94. The van der Waals surface area contributed by atoms with Gasteiger partial charge in [-0.05, 0) is 5.92 Å². The van der Waals surface area contributed by atoms with Gasteiger partial charge in [-0.1, -0.05) is 41.5 Å². The molecule has 0 radical (unpaired) electrons. The van der Waals surface area contributed by atoms with Gasteiger partial charge in [0.2, 0.25) is 0 Å². The van der Waals surface area contributed by atoms with Gasteiger partial charge in [-0.2, -0.15) is 0 Å². The molecule has 0 bridgehead atoms. The van der Waals surface area contributed by atoms with Gasteiger partial charge < -0.3 is 15.7 Å². The number of nitrogens with one attached hydrogen (secondary N) is 2. The number of aliphatic hydroxyl groups is 1. The molecule has 0 aliphatic carbocycles. The monoisotopic (exact) mass is 327 g/mol. The summed E-state index contributed by atoms with van der Waals surface area (Å²) < 4.78 is 0. The van der Waals surface area contributed by atoms with Crippen molar-refractivity contribution in [3.8, 4) is 0 Å². The van der Waals surface area contributed by atoms with E-state index in [0.29, 0.717) is 19.0 Å². The van der Waals surface area contributed by atoms with Crippen molar-refractivity contribution in [3.05, 3.63) is 16.1 Å². The molecule has 3 N–H and O–H groups in total. The van der Waals surface area contributed by atoms with Gasteiger partial charge in [-0.25, -0.2) is 9.78 Å². The van der Waals surface area contributed by atoms with Crippen LogP contribution in [-0.2, 0) is 6.54 Å². The molecule has 0 spiro atoms. The molecule has 6 heteroatoms. The van der Waals surface area contributed by atoms with Crippen LogP contribution in [0.5, 0.6) is 0 Å². The highest BCUT2D eigenvalue weighted by atomic mass is 32.1. The van der Waals surface area contributed by atoms with E-state index in [4.69, 9.17) is 0 Å².